The third-order valence-corrected chi connectivity index (χ3v) is 3.23. The minimum Gasteiger partial charge on any atom is -0.313 e. The lowest BCUT2D eigenvalue weighted by Gasteiger charge is -2.26. The molecule has 2 unspecified atom stereocenters. The van der Waals surface area contributed by atoms with Gasteiger partial charge in [0.05, 0.1) is 0 Å². The molecule has 1 aliphatic rings. The quantitative estimate of drug-likeness (QED) is 0.674. The predicted molar refractivity (Wildman–Crippen MR) is 62.6 cm³/mol. The molecule has 2 nitrogen and oxygen atoms in total. The number of hydrogen-bond donors (Lipinski definition) is 1. The highest BCUT2D eigenvalue weighted by Crippen LogP contribution is 2.34. The first-order valence-corrected chi connectivity index (χ1v) is 6.05. The molecule has 0 aliphatic heterocycles. The summed E-state index contributed by atoms with van der Waals surface area (Å²) in [7, 11) is 4.41. The van der Waals surface area contributed by atoms with Crippen molar-refractivity contribution >= 4 is 0 Å². The number of rotatable bonds is 7. The van der Waals surface area contributed by atoms with Crippen LogP contribution in [-0.4, -0.2) is 37.6 Å². The molecule has 1 N–H and O–H groups in total. The van der Waals surface area contributed by atoms with Crippen molar-refractivity contribution in [2.45, 2.75) is 51.6 Å². The highest BCUT2D eigenvalue weighted by atomic mass is 15.1. The summed E-state index contributed by atoms with van der Waals surface area (Å²) in [6, 6.07) is 1.44. The van der Waals surface area contributed by atoms with Crippen LogP contribution in [-0.2, 0) is 0 Å². The summed E-state index contributed by atoms with van der Waals surface area (Å²) >= 11 is 0. The number of nitrogens with one attached hydrogen (secondary N) is 1. The molecule has 1 rings (SSSR count). The van der Waals surface area contributed by atoms with E-state index in [1.165, 1.54) is 32.2 Å². The fraction of sp³-hybridized carbons (Fsp3) is 1.00. The van der Waals surface area contributed by atoms with Crippen LogP contribution < -0.4 is 5.32 Å². The van der Waals surface area contributed by atoms with E-state index in [9.17, 15) is 0 Å². The second kappa shape index (κ2) is 5.72. The van der Waals surface area contributed by atoms with E-state index in [2.05, 4.69) is 38.2 Å². The van der Waals surface area contributed by atoms with Crippen LogP contribution in [0.5, 0.6) is 0 Å². The Morgan fingerprint density at radius 1 is 1.36 bits per heavy atom. The molecule has 0 amide bonds. The van der Waals surface area contributed by atoms with Crippen molar-refractivity contribution in [2.24, 2.45) is 5.92 Å². The summed E-state index contributed by atoms with van der Waals surface area (Å²) in [4.78, 5) is 2.38. The van der Waals surface area contributed by atoms with Gasteiger partial charge in [0.2, 0.25) is 0 Å². The molecule has 1 fully saturated rings. The molecule has 0 bridgehead atoms. The second-order valence-electron chi connectivity index (χ2n) is 4.97. The fourth-order valence-electron chi connectivity index (χ4n) is 2.11. The standard InChI is InChI=1S/C12H26N2/c1-5-6-10(2)13-9-12(14(3)4)11-7-8-11/h10-13H,5-9H2,1-4H3. The summed E-state index contributed by atoms with van der Waals surface area (Å²) < 4.78 is 0. The third-order valence-electron chi connectivity index (χ3n) is 3.23. The Kier molecular flexibility index (Phi) is 4.90. The van der Waals surface area contributed by atoms with Gasteiger partial charge in [-0.15, -0.1) is 0 Å². The smallest absolute Gasteiger partial charge is 0.0242 e. The highest BCUT2D eigenvalue weighted by molar-refractivity contribution is 4.88. The van der Waals surface area contributed by atoms with E-state index in [1.54, 1.807) is 0 Å². The van der Waals surface area contributed by atoms with Crippen LogP contribution in [0.3, 0.4) is 0 Å². The van der Waals surface area contributed by atoms with Crippen molar-refractivity contribution in [3.63, 3.8) is 0 Å². The van der Waals surface area contributed by atoms with Gasteiger partial charge in [-0.05, 0) is 46.2 Å². The zero-order valence-electron chi connectivity index (χ0n) is 10.2. The Hall–Kier alpha value is -0.0800. The molecule has 0 saturated heterocycles. The maximum atomic E-state index is 3.64. The predicted octanol–water partition coefficient (Wildman–Crippen LogP) is 2.10. The van der Waals surface area contributed by atoms with Gasteiger partial charge in [0.1, 0.15) is 0 Å². The number of hydrogen-bond acceptors (Lipinski definition) is 2. The van der Waals surface area contributed by atoms with Crippen LogP contribution >= 0.6 is 0 Å². The van der Waals surface area contributed by atoms with Crippen LogP contribution in [0, 0.1) is 5.92 Å². The van der Waals surface area contributed by atoms with Gasteiger partial charge in [-0.2, -0.15) is 0 Å². The van der Waals surface area contributed by atoms with Crippen LogP contribution in [0.2, 0.25) is 0 Å². The first kappa shape index (κ1) is 12.0. The van der Waals surface area contributed by atoms with Crippen LogP contribution in [0.1, 0.15) is 39.5 Å². The minimum atomic E-state index is 0.682. The van der Waals surface area contributed by atoms with Gasteiger partial charge < -0.3 is 10.2 Å². The molecular weight excluding hydrogens is 172 g/mol. The average molecular weight is 198 g/mol. The number of nitrogens with zero attached hydrogens (tertiary/aromatic N) is 1. The maximum absolute atomic E-state index is 3.64. The van der Waals surface area contributed by atoms with Crippen molar-refractivity contribution in [1.29, 1.82) is 0 Å². The van der Waals surface area contributed by atoms with E-state index in [1.807, 2.05) is 0 Å². The van der Waals surface area contributed by atoms with Gasteiger partial charge in [0, 0.05) is 18.6 Å². The molecule has 1 aliphatic carbocycles. The maximum Gasteiger partial charge on any atom is 0.0242 e. The highest BCUT2D eigenvalue weighted by Gasteiger charge is 2.32. The Balaban J connectivity index is 2.19. The lowest BCUT2D eigenvalue weighted by Crippen LogP contribution is -2.42. The molecule has 0 heterocycles. The fourth-order valence-corrected chi connectivity index (χ4v) is 2.11. The van der Waals surface area contributed by atoms with Crippen molar-refractivity contribution in [2.75, 3.05) is 20.6 Å². The Labute approximate surface area is 89.1 Å². The lowest BCUT2D eigenvalue weighted by atomic mass is 10.1. The van der Waals surface area contributed by atoms with Gasteiger partial charge in [0.15, 0.2) is 0 Å². The first-order valence-electron chi connectivity index (χ1n) is 6.05. The largest absolute Gasteiger partial charge is 0.313 e. The average Bonchev–Trinajstić information content (AvgIpc) is 2.88. The summed E-state index contributed by atoms with van der Waals surface area (Å²) in [5.74, 6) is 0.964. The topological polar surface area (TPSA) is 15.3 Å². The van der Waals surface area contributed by atoms with Crippen LogP contribution in [0.4, 0.5) is 0 Å². The minimum absolute atomic E-state index is 0.682. The van der Waals surface area contributed by atoms with Gasteiger partial charge in [-0.3, -0.25) is 0 Å². The van der Waals surface area contributed by atoms with E-state index in [4.69, 9.17) is 0 Å². The van der Waals surface area contributed by atoms with Crippen LogP contribution in [0.25, 0.3) is 0 Å². The first-order chi connectivity index (χ1) is 6.65. The molecule has 2 atom stereocenters. The van der Waals surface area contributed by atoms with Crippen molar-refractivity contribution < 1.29 is 0 Å². The normalized spacial score (nSPS) is 21.2. The van der Waals surface area contributed by atoms with E-state index in [-0.39, 0.29) is 0 Å². The van der Waals surface area contributed by atoms with E-state index in [0.717, 1.165) is 12.0 Å². The molecule has 14 heavy (non-hydrogen) atoms. The van der Waals surface area contributed by atoms with E-state index >= 15 is 0 Å². The second-order valence-corrected chi connectivity index (χ2v) is 4.97. The summed E-state index contributed by atoms with van der Waals surface area (Å²) in [5, 5.41) is 3.64. The molecular formula is C12H26N2. The SMILES string of the molecule is CCCC(C)NCC(C1CC1)N(C)C. The molecule has 0 spiro atoms. The van der Waals surface area contributed by atoms with E-state index in [0.29, 0.717) is 6.04 Å². The van der Waals surface area contributed by atoms with Crippen molar-refractivity contribution in [3.8, 4) is 0 Å². The van der Waals surface area contributed by atoms with Gasteiger partial charge in [0.25, 0.3) is 0 Å². The van der Waals surface area contributed by atoms with Crippen LogP contribution in [0.15, 0.2) is 0 Å². The zero-order chi connectivity index (χ0) is 10.6. The van der Waals surface area contributed by atoms with Gasteiger partial charge >= 0.3 is 0 Å². The summed E-state index contributed by atoms with van der Waals surface area (Å²) in [6.45, 7) is 5.71. The zero-order valence-corrected chi connectivity index (χ0v) is 10.2. The third kappa shape index (κ3) is 3.97. The van der Waals surface area contributed by atoms with Gasteiger partial charge in [-0.25, -0.2) is 0 Å². The molecule has 84 valence electrons. The summed E-state index contributed by atoms with van der Waals surface area (Å²) in [6.07, 6.45) is 5.45. The molecule has 2 heteroatoms. The monoisotopic (exact) mass is 198 g/mol. The van der Waals surface area contributed by atoms with E-state index < -0.39 is 0 Å². The molecule has 0 radical (unpaired) electrons. The molecule has 0 aromatic carbocycles. The molecule has 0 aromatic rings. The number of likely N-dealkylation sites (N-methyl/N-ethyl adjacent to an activating group) is 1. The Morgan fingerprint density at radius 2 is 2.00 bits per heavy atom. The Bertz CT molecular complexity index is 150. The van der Waals surface area contributed by atoms with Crippen molar-refractivity contribution in [3.05, 3.63) is 0 Å². The molecule has 1 saturated carbocycles. The lowest BCUT2D eigenvalue weighted by molar-refractivity contribution is 0.248. The van der Waals surface area contributed by atoms with Crippen molar-refractivity contribution in [1.82, 2.24) is 10.2 Å². The summed E-state index contributed by atoms with van der Waals surface area (Å²) in [5.41, 5.74) is 0. The van der Waals surface area contributed by atoms with Gasteiger partial charge in [-0.1, -0.05) is 13.3 Å². The molecule has 0 aromatic heterocycles. The Morgan fingerprint density at radius 3 is 2.43 bits per heavy atom.